The lowest BCUT2D eigenvalue weighted by molar-refractivity contribution is 0.483. The second-order valence-electron chi connectivity index (χ2n) is 6.66. The molecule has 1 saturated heterocycles. The molecule has 27 heavy (non-hydrogen) atoms. The number of anilines is 1. The van der Waals surface area contributed by atoms with Gasteiger partial charge in [-0.05, 0) is 55.5 Å². The largest absolute Gasteiger partial charge is 0.459 e. The van der Waals surface area contributed by atoms with Gasteiger partial charge in [0.15, 0.2) is 5.76 Å². The summed E-state index contributed by atoms with van der Waals surface area (Å²) in [5.74, 6) is 0.904. The molecule has 0 N–H and O–H groups in total. The third kappa shape index (κ3) is 3.39. The van der Waals surface area contributed by atoms with Crippen LogP contribution in [0.2, 0.25) is 0 Å². The van der Waals surface area contributed by atoms with Crippen molar-refractivity contribution in [2.45, 2.75) is 42.5 Å². The van der Waals surface area contributed by atoms with E-state index in [0.717, 1.165) is 44.3 Å². The smallest absolute Gasteiger partial charge is 0.266 e. The van der Waals surface area contributed by atoms with Gasteiger partial charge >= 0.3 is 0 Å². The average Bonchev–Trinajstić information content (AvgIpc) is 3.38. The lowest BCUT2D eigenvalue weighted by atomic mass is 10.1. The molecule has 0 saturated carbocycles. The van der Waals surface area contributed by atoms with Crippen LogP contribution in [-0.2, 0) is 16.3 Å². The summed E-state index contributed by atoms with van der Waals surface area (Å²) in [6, 6.07) is 10.4. The van der Waals surface area contributed by atoms with E-state index in [1.165, 1.54) is 6.26 Å². The summed E-state index contributed by atoms with van der Waals surface area (Å²) >= 11 is 0. The quantitative estimate of drug-likeness (QED) is 0.650. The van der Waals surface area contributed by atoms with Crippen LogP contribution < -0.4 is 4.90 Å². The first kappa shape index (κ1) is 17.9. The Morgan fingerprint density at radius 1 is 1.07 bits per heavy atom. The second kappa shape index (κ2) is 7.23. The molecule has 1 fully saturated rings. The van der Waals surface area contributed by atoms with Crippen LogP contribution in [0.1, 0.15) is 31.7 Å². The van der Waals surface area contributed by atoms with Crippen LogP contribution in [0.15, 0.2) is 61.4 Å². The van der Waals surface area contributed by atoms with Crippen LogP contribution in [0.5, 0.6) is 0 Å². The number of furan rings is 1. The molecule has 3 aromatic rings. The first-order valence-corrected chi connectivity index (χ1v) is 10.7. The van der Waals surface area contributed by atoms with E-state index in [2.05, 4.69) is 4.98 Å². The van der Waals surface area contributed by atoms with Gasteiger partial charge in [0.25, 0.3) is 5.89 Å². The first-order valence-electron chi connectivity index (χ1n) is 9.23. The Hall–Kier alpha value is -2.54. The van der Waals surface area contributed by atoms with E-state index in [1.54, 1.807) is 24.3 Å². The molecule has 6 nitrogen and oxygen atoms in total. The number of rotatable bonds is 5. The zero-order valence-corrected chi connectivity index (χ0v) is 16.0. The van der Waals surface area contributed by atoms with Gasteiger partial charge in [0.1, 0.15) is 0 Å². The van der Waals surface area contributed by atoms with Gasteiger partial charge in [-0.25, -0.2) is 8.42 Å². The summed E-state index contributed by atoms with van der Waals surface area (Å²) in [4.78, 5) is 6.52. The zero-order valence-electron chi connectivity index (χ0n) is 15.2. The summed E-state index contributed by atoms with van der Waals surface area (Å²) < 4.78 is 37.8. The zero-order chi connectivity index (χ0) is 18.9. The van der Waals surface area contributed by atoms with Gasteiger partial charge in [-0.2, -0.15) is 4.98 Å². The highest BCUT2D eigenvalue weighted by Gasteiger charge is 2.32. The van der Waals surface area contributed by atoms with Crippen LogP contribution >= 0.6 is 0 Å². The standard InChI is InChI=1S/C20H22N2O4S/c1-2-15-8-10-16(11-9-15)27(23,24)19-20(22-12-4-3-5-13-22)26-18(21-19)17-7-6-14-25-17/h6-11,14H,2-5,12-13H2,1H3. The topological polar surface area (TPSA) is 76.5 Å². The maximum absolute atomic E-state index is 13.3. The van der Waals surface area contributed by atoms with Crippen LogP contribution in [-0.4, -0.2) is 26.5 Å². The fourth-order valence-electron chi connectivity index (χ4n) is 3.29. The van der Waals surface area contributed by atoms with Gasteiger partial charge in [0.05, 0.1) is 11.2 Å². The Labute approximate surface area is 158 Å². The molecule has 0 spiro atoms. The summed E-state index contributed by atoms with van der Waals surface area (Å²) in [6.45, 7) is 3.54. The molecule has 7 heteroatoms. The molecule has 0 bridgehead atoms. The fourth-order valence-corrected chi connectivity index (χ4v) is 4.61. The van der Waals surface area contributed by atoms with Crippen molar-refractivity contribution in [3.05, 3.63) is 48.2 Å². The summed E-state index contributed by atoms with van der Waals surface area (Å²) in [5.41, 5.74) is 1.08. The minimum atomic E-state index is -3.80. The number of hydrogen-bond donors (Lipinski definition) is 0. The molecule has 4 rings (SSSR count). The molecule has 142 valence electrons. The van der Waals surface area contributed by atoms with Crippen molar-refractivity contribution in [1.82, 2.24) is 4.98 Å². The SMILES string of the molecule is CCc1ccc(S(=O)(=O)c2nc(-c3ccco3)oc2N2CCCCC2)cc1. The molecule has 0 radical (unpaired) electrons. The second-order valence-corrected chi connectivity index (χ2v) is 8.52. The summed E-state index contributed by atoms with van der Waals surface area (Å²) in [7, 11) is -3.80. The van der Waals surface area contributed by atoms with Crippen molar-refractivity contribution in [2.75, 3.05) is 18.0 Å². The van der Waals surface area contributed by atoms with E-state index in [4.69, 9.17) is 8.83 Å². The first-order chi connectivity index (χ1) is 13.1. The Balaban J connectivity index is 1.81. The van der Waals surface area contributed by atoms with Gasteiger partial charge in [0, 0.05) is 13.1 Å². The number of aromatic nitrogens is 1. The maximum Gasteiger partial charge on any atom is 0.266 e. The normalized spacial score (nSPS) is 15.2. The number of sulfone groups is 1. The Kier molecular flexibility index (Phi) is 4.78. The molecule has 1 aromatic carbocycles. The molecule has 1 aliphatic rings. The molecule has 1 aliphatic heterocycles. The third-order valence-corrected chi connectivity index (χ3v) is 6.52. The molecule has 0 atom stereocenters. The van der Waals surface area contributed by atoms with Crippen molar-refractivity contribution in [3.63, 3.8) is 0 Å². The Morgan fingerprint density at radius 2 is 1.81 bits per heavy atom. The van der Waals surface area contributed by atoms with E-state index >= 15 is 0 Å². The Bertz CT molecular complexity index is 999. The van der Waals surface area contributed by atoms with Crippen LogP contribution in [0.3, 0.4) is 0 Å². The van der Waals surface area contributed by atoms with Gasteiger partial charge in [-0.3, -0.25) is 0 Å². The van der Waals surface area contributed by atoms with Gasteiger partial charge in [-0.1, -0.05) is 19.1 Å². The number of nitrogens with zero attached hydrogens (tertiary/aromatic N) is 2. The molecular weight excluding hydrogens is 364 g/mol. The molecule has 2 aromatic heterocycles. The monoisotopic (exact) mass is 386 g/mol. The lowest BCUT2D eigenvalue weighted by Gasteiger charge is -2.26. The van der Waals surface area contributed by atoms with Gasteiger partial charge in [-0.15, -0.1) is 0 Å². The molecule has 0 amide bonds. The third-order valence-electron chi connectivity index (χ3n) is 4.85. The van der Waals surface area contributed by atoms with Crippen molar-refractivity contribution >= 4 is 15.7 Å². The van der Waals surface area contributed by atoms with Crippen LogP contribution in [0.4, 0.5) is 5.88 Å². The summed E-state index contributed by atoms with van der Waals surface area (Å²) in [5, 5.41) is -0.0416. The lowest BCUT2D eigenvalue weighted by Crippen LogP contribution is -2.30. The predicted octanol–water partition coefficient (Wildman–Crippen LogP) is 4.32. The highest BCUT2D eigenvalue weighted by Crippen LogP contribution is 2.36. The van der Waals surface area contributed by atoms with E-state index in [0.29, 0.717) is 11.6 Å². The maximum atomic E-state index is 13.3. The van der Waals surface area contributed by atoms with Crippen molar-refractivity contribution in [1.29, 1.82) is 0 Å². The van der Waals surface area contributed by atoms with E-state index in [-0.39, 0.29) is 15.8 Å². The minimum Gasteiger partial charge on any atom is -0.459 e. The molecule has 0 aliphatic carbocycles. The van der Waals surface area contributed by atoms with Crippen LogP contribution in [0.25, 0.3) is 11.7 Å². The Morgan fingerprint density at radius 3 is 2.44 bits per heavy atom. The van der Waals surface area contributed by atoms with Crippen LogP contribution in [0, 0.1) is 0 Å². The number of benzene rings is 1. The minimum absolute atomic E-state index is 0.0416. The molecule has 3 heterocycles. The van der Waals surface area contributed by atoms with Crippen molar-refractivity contribution in [3.8, 4) is 11.7 Å². The molecular formula is C20H22N2O4S. The van der Waals surface area contributed by atoms with Crippen molar-refractivity contribution < 1.29 is 17.3 Å². The average molecular weight is 386 g/mol. The number of oxazole rings is 1. The van der Waals surface area contributed by atoms with E-state index in [1.807, 2.05) is 24.0 Å². The number of hydrogen-bond acceptors (Lipinski definition) is 6. The highest BCUT2D eigenvalue weighted by molar-refractivity contribution is 7.91. The van der Waals surface area contributed by atoms with Gasteiger partial charge < -0.3 is 13.7 Å². The number of aryl methyl sites for hydroxylation is 1. The predicted molar refractivity (Wildman–Crippen MR) is 102 cm³/mol. The molecule has 0 unspecified atom stereocenters. The summed E-state index contributed by atoms with van der Waals surface area (Å²) in [6.07, 6.45) is 5.50. The van der Waals surface area contributed by atoms with E-state index < -0.39 is 9.84 Å². The van der Waals surface area contributed by atoms with Crippen molar-refractivity contribution in [2.24, 2.45) is 0 Å². The fraction of sp³-hybridized carbons (Fsp3) is 0.350. The highest BCUT2D eigenvalue weighted by atomic mass is 32.2. The van der Waals surface area contributed by atoms with E-state index in [9.17, 15) is 8.42 Å². The number of piperidine rings is 1. The van der Waals surface area contributed by atoms with Gasteiger partial charge in [0.2, 0.25) is 20.7 Å².